The van der Waals surface area contributed by atoms with Gasteiger partial charge in [0.2, 0.25) is 5.91 Å². The summed E-state index contributed by atoms with van der Waals surface area (Å²) in [7, 11) is 0. The van der Waals surface area contributed by atoms with Gasteiger partial charge in [0.1, 0.15) is 5.75 Å². The topological polar surface area (TPSA) is 89.3 Å². The number of amides is 1. The highest BCUT2D eigenvalue weighted by molar-refractivity contribution is 7.99. The Kier molecular flexibility index (Phi) is 7.22. The maximum absolute atomic E-state index is 12.3. The zero-order chi connectivity index (χ0) is 21.5. The molecular formula is C23H26N4O3S. The minimum Gasteiger partial charge on any atom is -0.508 e. The van der Waals surface area contributed by atoms with Crippen LogP contribution in [0.4, 0.5) is 0 Å². The Bertz CT molecular complexity index is 986. The fourth-order valence-electron chi connectivity index (χ4n) is 3.55. The Morgan fingerprint density at radius 3 is 2.71 bits per heavy atom. The van der Waals surface area contributed by atoms with Gasteiger partial charge in [0.15, 0.2) is 11.0 Å². The summed E-state index contributed by atoms with van der Waals surface area (Å²) in [4.78, 5) is 12.3. The fraction of sp³-hybridized carbons (Fsp3) is 0.348. The Labute approximate surface area is 185 Å². The molecule has 2 heterocycles. The summed E-state index contributed by atoms with van der Waals surface area (Å²) < 4.78 is 7.83. The first-order chi connectivity index (χ1) is 15.2. The summed E-state index contributed by atoms with van der Waals surface area (Å²) in [5.41, 5.74) is 2.06. The van der Waals surface area contributed by atoms with E-state index in [9.17, 15) is 9.90 Å². The third-order valence-electron chi connectivity index (χ3n) is 5.16. The van der Waals surface area contributed by atoms with Crippen molar-refractivity contribution in [2.75, 3.05) is 18.9 Å². The lowest BCUT2D eigenvalue weighted by atomic mass is 10.1. The molecule has 1 fully saturated rings. The zero-order valence-electron chi connectivity index (χ0n) is 17.2. The van der Waals surface area contributed by atoms with Gasteiger partial charge in [-0.3, -0.25) is 9.36 Å². The molecule has 3 aromatic rings. The van der Waals surface area contributed by atoms with Crippen molar-refractivity contribution in [3.63, 3.8) is 0 Å². The Morgan fingerprint density at radius 1 is 1.16 bits per heavy atom. The van der Waals surface area contributed by atoms with Crippen LogP contribution in [0.2, 0.25) is 0 Å². The molecule has 1 aromatic heterocycles. The monoisotopic (exact) mass is 438 g/mol. The Morgan fingerprint density at radius 2 is 1.97 bits per heavy atom. The molecule has 2 aromatic carbocycles. The van der Waals surface area contributed by atoms with E-state index in [0.717, 1.165) is 31.4 Å². The molecule has 0 saturated carbocycles. The van der Waals surface area contributed by atoms with E-state index in [2.05, 4.69) is 27.6 Å². The second-order valence-electron chi connectivity index (χ2n) is 7.47. The number of hydrogen-bond acceptors (Lipinski definition) is 6. The zero-order valence-corrected chi connectivity index (χ0v) is 18.1. The molecule has 1 aliphatic heterocycles. The van der Waals surface area contributed by atoms with Gasteiger partial charge < -0.3 is 15.2 Å². The highest BCUT2D eigenvalue weighted by Gasteiger charge is 2.22. The normalized spacial score (nSPS) is 15.8. The quantitative estimate of drug-likeness (QED) is 0.499. The van der Waals surface area contributed by atoms with E-state index in [-0.39, 0.29) is 23.5 Å². The number of thioether (sulfide) groups is 1. The predicted molar refractivity (Wildman–Crippen MR) is 120 cm³/mol. The summed E-state index contributed by atoms with van der Waals surface area (Å²) >= 11 is 1.38. The highest BCUT2D eigenvalue weighted by atomic mass is 32.2. The highest BCUT2D eigenvalue weighted by Crippen LogP contribution is 2.27. The number of hydrogen-bond donors (Lipinski definition) is 2. The van der Waals surface area contributed by atoms with Crippen LogP contribution in [-0.4, -0.2) is 50.8 Å². The minimum atomic E-state index is -0.0289. The smallest absolute Gasteiger partial charge is 0.230 e. The molecule has 0 unspecified atom stereocenters. The molecule has 162 valence electrons. The molecular weight excluding hydrogens is 412 g/mol. The molecule has 4 rings (SSSR count). The van der Waals surface area contributed by atoms with E-state index >= 15 is 0 Å². The molecule has 1 atom stereocenters. The van der Waals surface area contributed by atoms with E-state index in [4.69, 9.17) is 4.74 Å². The van der Waals surface area contributed by atoms with Crippen LogP contribution in [0.25, 0.3) is 11.4 Å². The van der Waals surface area contributed by atoms with Gasteiger partial charge in [0, 0.05) is 18.7 Å². The van der Waals surface area contributed by atoms with Gasteiger partial charge in [-0.05, 0) is 49.1 Å². The van der Waals surface area contributed by atoms with Crippen molar-refractivity contribution in [1.82, 2.24) is 20.1 Å². The van der Waals surface area contributed by atoms with E-state index in [1.54, 1.807) is 12.1 Å². The summed E-state index contributed by atoms with van der Waals surface area (Å²) in [5, 5.41) is 21.9. The van der Waals surface area contributed by atoms with Crippen LogP contribution in [-0.2, 0) is 22.5 Å². The second kappa shape index (κ2) is 10.5. The summed E-state index contributed by atoms with van der Waals surface area (Å²) in [6.45, 7) is 2.01. The van der Waals surface area contributed by atoms with Crippen molar-refractivity contribution in [1.29, 1.82) is 0 Å². The van der Waals surface area contributed by atoms with Gasteiger partial charge in [0.25, 0.3) is 0 Å². The third-order valence-corrected chi connectivity index (χ3v) is 6.13. The maximum atomic E-state index is 12.3. The van der Waals surface area contributed by atoms with Crippen molar-refractivity contribution in [2.45, 2.75) is 37.1 Å². The molecule has 8 heteroatoms. The molecule has 0 bridgehead atoms. The number of benzene rings is 2. The van der Waals surface area contributed by atoms with Crippen molar-refractivity contribution in [3.8, 4) is 17.1 Å². The van der Waals surface area contributed by atoms with Crippen LogP contribution in [0.15, 0.2) is 59.8 Å². The summed E-state index contributed by atoms with van der Waals surface area (Å²) in [6, 6.07) is 17.0. The number of aromatic nitrogens is 3. The third kappa shape index (κ3) is 5.86. The first-order valence-corrected chi connectivity index (χ1v) is 11.5. The number of aromatic hydroxyl groups is 1. The van der Waals surface area contributed by atoms with E-state index in [0.29, 0.717) is 24.1 Å². The minimum absolute atomic E-state index is 0.0289. The van der Waals surface area contributed by atoms with Crippen LogP contribution < -0.4 is 5.32 Å². The van der Waals surface area contributed by atoms with Gasteiger partial charge in [-0.25, -0.2) is 0 Å². The van der Waals surface area contributed by atoms with Crippen molar-refractivity contribution in [3.05, 3.63) is 60.2 Å². The Hall–Kier alpha value is -2.84. The van der Waals surface area contributed by atoms with Gasteiger partial charge in [-0.1, -0.05) is 42.1 Å². The molecule has 2 N–H and O–H groups in total. The van der Waals surface area contributed by atoms with Crippen LogP contribution in [0, 0.1) is 0 Å². The Balaban J connectivity index is 1.39. The van der Waals surface area contributed by atoms with Crippen LogP contribution >= 0.6 is 11.8 Å². The van der Waals surface area contributed by atoms with Crippen molar-refractivity contribution >= 4 is 17.7 Å². The molecule has 1 saturated heterocycles. The molecule has 0 aliphatic carbocycles. The lowest BCUT2D eigenvalue weighted by molar-refractivity contribution is -0.118. The lowest BCUT2D eigenvalue weighted by Crippen LogP contribution is -2.27. The second-order valence-corrected chi connectivity index (χ2v) is 8.42. The molecule has 0 spiro atoms. The van der Waals surface area contributed by atoms with Crippen molar-refractivity contribution in [2.24, 2.45) is 0 Å². The number of nitrogens with one attached hydrogen (secondary N) is 1. The van der Waals surface area contributed by atoms with Gasteiger partial charge in [-0.15, -0.1) is 10.2 Å². The van der Waals surface area contributed by atoms with Crippen molar-refractivity contribution < 1.29 is 14.6 Å². The van der Waals surface area contributed by atoms with E-state index < -0.39 is 0 Å². The first-order valence-electron chi connectivity index (χ1n) is 10.5. The largest absolute Gasteiger partial charge is 0.508 e. The van der Waals surface area contributed by atoms with Gasteiger partial charge >= 0.3 is 0 Å². The standard InChI is InChI=1S/C23H26N4O3S/c28-19-10-8-18(9-11-19)22-25-26-23(27(22)15-20-7-4-14-30-20)31-16-21(29)24-13-12-17-5-2-1-3-6-17/h1-3,5-6,8-11,20,28H,4,7,12-16H2,(H,24,29)/t20-/m0/s1. The van der Waals surface area contributed by atoms with Crippen LogP contribution in [0.3, 0.4) is 0 Å². The summed E-state index contributed by atoms with van der Waals surface area (Å²) in [5.74, 6) is 1.16. The average Bonchev–Trinajstić information content (AvgIpc) is 3.44. The molecule has 0 radical (unpaired) electrons. The predicted octanol–water partition coefficient (Wildman–Crippen LogP) is 3.28. The van der Waals surface area contributed by atoms with E-state index in [1.165, 1.54) is 17.3 Å². The van der Waals surface area contributed by atoms with Crippen LogP contribution in [0.5, 0.6) is 5.75 Å². The number of rotatable bonds is 9. The first kappa shape index (κ1) is 21.4. The average molecular weight is 439 g/mol. The number of ether oxygens (including phenoxy) is 1. The number of phenols is 1. The fourth-order valence-corrected chi connectivity index (χ4v) is 4.33. The molecule has 1 aliphatic rings. The number of carbonyl (C=O) groups is 1. The summed E-state index contributed by atoms with van der Waals surface area (Å²) in [6.07, 6.45) is 2.97. The molecule has 31 heavy (non-hydrogen) atoms. The van der Waals surface area contributed by atoms with Crippen LogP contribution in [0.1, 0.15) is 18.4 Å². The lowest BCUT2D eigenvalue weighted by Gasteiger charge is -2.14. The molecule has 7 nitrogen and oxygen atoms in total. The number of carbonyl (C=O) groups excluding carboxylic acids is 1. The van der Waals surface area contributed by atoms with E-state index in [1.807, 2.05) is 34.9 Å². The molecule has 1 amide bonds. The number of phenolic OH excluding ortho intramolecular Hbond substituents is 1. The number of nitrogens with zero attached hydrogens (tertiary/aromatic N) is 3. The maximum Gasteiger partial charge on any atom is 0.230 e. The SMILES string of the molecule is O=C(CSc1nnc(-c2ccc(O)cc2)n1C[C@@H]1CCCO1)NCCc1ccccc1. The van der Waals surface area contributed by atoms with Gasteiger partial charge in [-0.2, -0.15) is 0 Å². The van der Waals surface area contributed by atoms with Gasteiger partial charge in [0.05, 0.1) is 18.4 Å².